The van der Waals surface area contributed by atoms with Crippen LogP contribution in [0.1, 0.15) is 10.4 Å². The monoisotopic (exact) mass is 346 g/mol. The predicted molar refractivity (Wildman–Crippen MR) is 84.3 cm³/mol. The first-order valence-electron chi connectivity index (χ1n) is 6.04. The van der Waals surface area contributed by atoms with Gasteiger partial charge in [-0.05, 0) is 36.4 Å². The summed E-state index contributed by atoms with van der Waals surface area (Å²) < 4.78 is 0.909. The van der Waals surface area contributed by atoms with Crippen LogP contribution in [-0.2, 0) is 0 Å². The Balaban J connectivity index is 1.97. The average molecular weight is 347 g/mol. The number of hydrogen-bond donors (Lipinski definition) is 1. The van der Waals surface area contributed by atoms with Crippen molar-refractivity contribution in [2.24, 2.45) is 0 Å². The second kappa shape index (κ2) is 6.81. The lowest BCUT2D eigenvalue weighted by Gasteiger charge is -2.00. The van der Waals surface area contributed by atoms with Gasteiger partial charge in [0.2, 0.25) is 0 Å². The Bertz CT molecular complexity index is 679. The normalized spacial score (nSPS) is 10.5. The number of nitro benzene ring substituents is 1. The highest BCUT2D eigenvalue weighted by Crippen LogP contribution is 2.15. The number of nitro groups is 1. The number of halogens is 1. The second-order valence-electron chi connectivity index (χ2n) is 4.15. The average Bonchev–Trinajstić information content (AvgIpc) is 2.48. The number of carbonyl (C=O) groups excluding carboxylic acids is 1. The minimum absolute atomic E-state index is 0.0236. The molecule has 1 N–H and O–H groups in total. The van der Waals surface area contributed by atoms with Crippen LogP contribution in [0, 0.1) is 10.1 Å². The van der Waals surface area contributed by atoms with Crippen LogP contribution in [0.3, 0.4) is 0 Å². The van der Waals surface area contributed by atoms with E-state index in [1.54, 1.807) is 36.4 Å². The van der Waals surface area contributed by atoms with Gasteiger partial charge in [0.1, 0.15) is 0 Å². The standard InChI is InChI=1S/C15H11BrN2O3/c16-12-3-1-11(2-4-12)15(19)9-10-17-13-5-7-14(8-6-13)18(20)21/h1-10,17H/b10-9+. The van der Waals surface area contributed by atoms with E-state index in [0.29, 0.717) is 11.3 Å². The summed E-state index contributed by atoms with van der Waals surface area (Å²) in [4.78, 5) is 21.9. The van der Waals surface area contributed by atoms with Crippen LogP contribution in [0.15, 0.2) is 65.3 Å². The van der Waals surface area contributed by atoms with Crippen LogP contribution in [0.5, 0.6) is 0 Å². The molecule has 0 unspecified atom stereocenters. The Hall–Kier alpha value is -2.47. The van der Waals surface area contributed by atoms with Gasteiger partial charge < -0.3 is 5.32 Å². The second-order valence-corrected chi connectivity index (χ2v) is 5.07. The molecule has 106 valence electrons. The number of rotatable bonds is 5. The first kappa shape index (κ1) is 14.9. The number of benzene rings is 2. The Labute approximate surface area is 129 Å². The van der Waals surface area contributed by atoms with Crippen LogP contribution in [0.25, 0.3) is 0 Å². The molecule has 0 radical (unpaired) electrons. The highest BCUT2D eigenvalue weighted by atomic mass is 79.9. The zero-order valence-corrected chi connectivity index (χ0v) is 12.4. The molecule has 0 aliphatic rings. The summed E-state index contributed by atoms with van der Waals surface area (Å²) in [6.45, 7) is 0. The summed E-state index contributed by atoms with van der Waals surface area (Å²) >= 11 is 3.30. The van der Waals surface area contributed by atoms with Crippen molar-refractivity contribution in [3.63, 3.8) is 0 Å². The number of carbonyl (C=O) groups is 1. The molecule has 0 aliphatic heterocycles. The molecule has 5 nitrogen and oxygen atoms in total. The Kier molecular flexibility index (Phi) is 4.84. The maximum atomic E-state index is 11.9. The SMILES string of the molecule is O=C(/C=C/Nc1ccc([N+](=O)[O-])cc1)c1ccc(Br)cc1. The maximum Gasteiger partial charge on any atom is 0.269 e. The molecular weight excluding hydrogens is 336 g/mol. The summed E-state index contributed by atoms with van der Waals surface area (Å²) in [5.41, 5.74) is 1.27. The maximum absolute atomic E-state index is 11.9. The van der Waals surface area contributed by atoms with E-state index in [1.165, 1.54) is 24.4 Å². The van der Waals surface area contributed by atoms with E-state index in [9.17, 15) is 14.9 Å². The van der Waals surface area contributed by atoms with Crippen LogP contribution in [0.4, 0.5) is 11.4 Å². The molecule has 0 amide bonds. The smallest absolute Gasteiger partial charge is 0.269 e. The molecule has 2 aromatic rings. The van der Waals surface area contributed by atoms with Gasteiger partial charge in [0, 0.05) is 40.1 Å². The lowest BCUT2D eigenvalue weighted by molar-refractivity contribution is -0.384. The fourth-order valence-corrected chi connectivity index (χ4v) is 1.87. The van der Waals surface area contributed by atoms with Crippen LogP contribution >= 0.6 is 15.9 Å². The van der Waals surface area contributed by atoms with Crippen molar-refractivity contribution < 1.29 is 9.72 Å². The molecule has 0 bridgehead atoms. The van der Waals surface area contributed by atoms with Crippen LogP contribution in [0.2, 0.25) is 0 Å². The minimum Gasteiger partial charge on any atom is -0.362 e. The number of non-ortho nitro benzene ring substituents is 1. The summed E-state index contributed by atoms with van der Waals surface area (Å²) in [6, 6.07) is 13.0. The molecule has 0 aromatic heterocycles. The number of hydrogen-bond acceptors (Lipinski definition) is 4. The van der Waals surface area contributed by atoms with E-state index >= 15 is 0 Å². The first-order valence-corrected chi connectivity index (χ1v) is 6.83. The van der Waals surface area contributed by atoms with Crippen molar-refractivity contribution in [3.8, 4) is 0 Å². The van der Waals surface area contributed by atoms with E-state index in [4.69, 9.17) is 0 Å². The van der Waals surface area contributed by atoms with E-state index in [2.05, 4.69) is 21.2 Å². The van der Waals surface area contributed by atoms with Crippen molar-refractivity contribution in [3.05, 3.63) is 81.0 Å². The van der Waals surface area contributed by atoms with E-state index in [0.717, 1.165) is 4.47 Å². The van der Waals surface area contributed by atoms with E-state index in [1.807, 2.05) is 0 Å². The van der Waals surface area contributed by atoms with Gasteiger partial charge in [0.05, 0.1) is 4.92 Å². The fourth-order valence-electron chi connectivity index (χ4n) is 1.60. The number of ketones is 1. The fraction of sp³-hybridized carbons (Fsp3) is 0. The zero-order chi connectivity index (χ0) is 15.2. The third kappa shape index (κ3) is 4.25. The van der Waals surface area contributed by atoms with E-state index < -0.39 is 4.92 Å². The number of nitrogens with one attached hydrogen (secondary N) is 1. The van der Waals surface area contributed by atoms with Crippen molar-refractivity contribution in [1.29, 1.82) is 0 Å². The lowest BCUT2D eigenvalue weighted by atomic mass is 10.1. The van der Waals surface area contributed by atoms with Gasteiger partial charge in [-0.1, -0.05) is 15.9 Å². The molecule has 21 heavy (non-hydrogen) atoms. The van der Waals surface area contributed by atoms with Crippen LogP contribution < -0.4 is 5.32 Å². The predicted octanol–water partition coefficient (Wildman–Crippen LogP) is 4.17. The largest absolute Gasteiger partial charge is 0.362 e. The topological polar surface area (TPSA) is 72.2 Å². The van der Waals surface area contributed by atoms with Gasteiger partial charge in [0.25, 0.3) is 5.69 Å². The van der Waals surface area contributed by atoms with Crippen molar-refractivity contribution >= 4 is 33.1 Å². The van der Waals surface area contributed by atoms with E-state index in [-0.39, 0.29) is 11.5 Å². The summed E-state index contributed by atoms with van der Waals surface area (Å²) in [5, 5.41) is 13.4. The van der Waals surface area contributed by atoms with Crippen molar-refractivity contribution in [1.82, 2.24) is 0 Å². The molecule has 0 saturated carbocycles. The minimum atomic E-state index is -0.462. The van der Waals surface area contributed by atoms with Gasteiger partial charge in [-0.25, -0.2) is 0 Å². The molecule has 0 spiro atoms. The molecule has 6 heteroatoms. The number of anilines is 1. The quantitative estimate of drug-likeness (QED) is 0.381. The van der Waals surface area contributed by atoms with Crippen molar-refractivity contribution in [2.45, 2.75) is 0 Å². The summed E-state index contributed by atoms with van der Waals surface area (Å²) in [7, 11) is 0. The molecule has 0 fully saturated rings. The van der Waals surface area contributed by atoms with Gasteiger partial charge in [-0.3, -0.25) is 14.9 Å². The summed E-state index contributed by atoms with van der Waals surface area (Å²) in [6.07, 6.45) is 2.91. The van der Waals surface area contributed by atoms with Crippen molar-refractivity contribution in [2.75, 3.05) is 5.32 Å². The Morgan fingerprint density at radius 2 is 1.71 bits per heavy atom. The molecule has 0 heterocycles. The van der Waals surface area contributed by atoms with Gasteiger partial charge >= 0.3 is 0 Å². The van der Waals surface area contributed by atoms with Gasteiger partial charge in [-0.15, -0.1) is 0 Å². The lowest BCUT2D eigenvalue weighted by Crippen LogP contribution is -1.96. The number of nitrogens with zero attached hydrogens (tertiary/aromatic N) is 1. The molecule has 0 atom stereocenters. The first-order chi connectivity index (χ1) is 10.1. The molecule has 0 aliphatic carbocycles. The molecule has 2 rings (SSSR count). The molecule has 2 aromatic carbocycles. The van der Waals surface area contributed by atoms with Gasteiger partial charge in [-0.2, -0.15) is 0 Å². The third-order valence-electron chi connectivity index (χ3n) is 2.69. The molecular formula is C15H11BrN2O3. The Morgan fingerprint density at radius 3 is 2.29 bits per heavy atom. The zero-order valence-electron chi connectivity index (χ0n) is 10.8. The Morgan fingerprint density at radius 1 is 1.10 bits per heavy atom. The highest BCUT2D eigenvalue weighted by molar-refractivity contribution is 9.10. The summed E-state index contributed by atoms with van der Waals surface area (Å²) in [5.74, 6) is -0.128. The molecule has 0 saturated heterocycles. The highest BCUT2D eigenvalue weighted by Gasteiger charge is 2.03. The number of allylic oxidation sites excluding steroid dienone is 1. The van der Waals surface area contributed by atoms with Crippen LogP contribution in [-0.4, -0.2) is 10.7 Å². The van der Waals surface area contributed by atoms with Gasteiger partial charge in [0.15, 0.2) is 5.78 Å². The third-order valence-corrected chi connectivity index (χ3v) is 3.22.